The number of rotatable bonds is 3. The van der Waals surface area contributed by atoms with Gasteiger partial charge >= 0.3 is 0 Å². The van der Waals surface area contributed by atoms with E-state index in [9.17, 15) is 4.79 Å². The van der Waals surface area contributed by atoms with E-state index in [1.54, 1.807) is 0 Å². The minimum Gasteiger partial charge on any atom is -0.299 e. The minimum absolute atomic E-state index is 0.0672. The van der Waals surface area contributed by atoms with E-state index in [1.165, 1.54) is 47.7 Å². The van der Waals surface area contributed by atoms with Crippen LogP contribution in [0.4, 0.5) is 0 Å². The van der Waals surface area contributed by atoms with Crippen LogP contribution in [0.5, 0.6) is 0 Å². The number of carbonyl (C=O) groups is 1. The SMILES string of the molecule is O=C(Cc1ccc(I)cc1)C12CC3CC(CC(C3)C1)C2. The third kappa shape index (κ3) is 2.24. The fourth-order valence-corrected chi connectivity index (χ4v) is 5.79. The fraction of sp³-hybridized carbons (Fsp3) is 0.611. The Morgan fingerprint density at radius 1 is 1.00 bits per heavy atom. The quantitative estimate of drug-likeness (QED) is 0.700. The van der Waals surface area contributed by atoms with Crippen LogP contribution in [-0.4, -0.2) is 5.78 Å². The normalized spacial score (nSPS) is 38.1. The molecule has 1 nitrogen and oxygen atoms in total. The molecule has 0 atom stereocenters. The Kier molecular flexibility index (Phi) is 3.21. The Labute approximate surface area is 134 Å². The predicted molar refractivity (Wildman–Crippen MR) is 88.5 cm³/mol. The Morgan fingerprint density at radius 2 is 1.50 bits per heavy atom. The van der Waals surface area contributed by atoms with Crippen LogP contribution in [0.1, 0.15) is 44.1 Å². The number of Topliss-reactive ketones (excluding diaryl/α,β-unsaturated/α-hetero) is 1. The Balaban J connectivity index is 1.54. The van der Waals surface area contributed by atoms with Crippen LogP contribution in [0.2, 0.25) is 0 Å². The highest BCUT2D eigenvalue weighted by atomic mass is 127. The lowest BCUT2D eigenvalue weighted by Gasteiger charge is -2.56. The van der Waals surface area contributed by atoms with E-state index >= 15 is 0 Å². The molecule has 4 bridgehead atoms. The van der Waals surface area contributed by atoms with E-state index in [1.807, 2.05) is 0 Å². The Hall–Kier alpha value is -0.380. The van der Waals surface area contributed by atoms with Crippen LogP contribution >= 0.6 is 22.6 Å². The van der Waals surface area contributed by atoms with E-state index in [-0.39, 0.29) is 5.41 Å². The van der Waals surface area contributed by atoms with Crippen LogP contribution in [-0.2, 0) is 11.2 Å². The molecule has 1 aromatic rings. The number of carbonyl (C=O) groups excluding carboxylic acids is 1. The van der Waals surface area contributed by atoms with Crippen molar-refractivity contribution in [2.24, 2.45) is 23.2 Å². The monoisotopic (exact) mass is 380 g/mol. The van der Waals surface area contributed by atoms with Gasteiger partial charge in [0.15, 0.2) is 0 Å². The van der Waals surface area contributed by atoms with Crippen molar-refractivity contribution in [3.63, 3.8) is 0 Å². The summed E-state index contributed by atoms with van der Waals surface area (Å²) in [6.45, 7) is 0. The maximum absolute atomic E-state index is 12.9. The molecule has 0 radical (unpaired) electrons. The molecule has 5 rings (SSSR count). The first-order valence-corrected chi connectivity index (χ1v) is 8.99. The highest BCUT2D eigenvalue weighted by Crippen LogP contribution is 2.60. The van der Waals surface area contributed by atoms with Crippen molar-refractivity contribution in [2.75, 3.05) is 0 Å². The summed E-state index contributed by atoms with van der Waals surface area (Å²) in [6.07, 6.45) is 8.48. The molecule has 0 saturated heterocycles. The molecule has 0 aromatic heterocycles. The lowest BCUT2D eigenvalue weighted by atomic mass is 9.48. The summed E-state index contributed by atoms with van der Waals surface area (Å²) >= 11 is 2.32. The molecule has 4 fully saturated rings. The molecule has 4 aliphatic rings. The zero-order valence-corrected chi connectivity index (χ0v) is 13.9. The van der Waals surface area contributed by atoms with Crippen LogP contribution in [0.15, 0.2) is 24.3 Å². The van der Waals surface area contributed by atoms with Crippen molar-refractivity contribution in [3.8, 4) is 0 Å². The molecular weight excluding hydrogens is 359 g/mol. The first-order valence-electron chi connectivity index (χ1n) is 7.91. The first-order chi connectivity index (χ1) is 9.63. The highest BCUT2D eigenvalue weighted by Gasteiger charge is 2.53. The zero-order valence-electron chi connectivity index (χ0n) is 11.8. The van der Waals surface area contributed by atoms with Crippen LogP contribution in [0.3, 0.4) is 0 Å². The average molecular weight is 380 g/mol. The van der Waals surface area contributed by atoms with Crippen LogP contribution in [0, 0.1) is 26.7 Å². The van der Waals surface area contributed by atoms with Crippen molar-refractivity contribution in [1.29, 1.82) is 0 Å². The third-order valence-corrected chi connectivity index (χ3v) is 6.63. The maximum Gasteiger partial charge on any atom is 0.143 e. The second-order valence-corrected chi connectivity index (χ2v) is 8.67. The fourth-order valence-electron chi connectivity index (χ4n) is 5.43. The Morgan fingerprint density at radius 3 is 2.00 bits per heavy atom. The van der Waals surface area contributed by atoms with Crippen molar-refractivity contribution in [1.82, 2.24) is 0 Å². The molecule has 0 spiro atoms. The molecule has 0 aliphatic heterocycles. The van der Waals surface area contributed by atoms with Gasteiger partial charge in [-0.3, -0.25) is 4.79 Å². The maximum atomic E-state index is 12.9. The van der Waals surface area contributed by atoms with E-state index in [2.05, 4.69) is 46.9 Å². The van der Waals surface area contributed by atoms with Gasteiger partial charge in [-0.1, -0.05) is 12.1 Å². The van der Waals surface area contributed by atoms with E-state index in [0.717, 1.165) is 17.8 Å². The van der Waals surface area contributed by atoms with Crippen LogP contribution in [0.25, 0.3) is 0 Å². The summed E-state index contributed by atoms with van der Waals surface area (Å²) in [5.74, 6) is 3.13. The average Bonchev–Trinajstić information content (AvgIpc) is 2.40. The van der Waals surface area contributed by atoms with Gasteiger partial charge in [0.2, 0.25) is 0 Å². The van der Waals surface area contributed by atoms with Gasteiger partial charge in [0.1, 0.15) is 5.78 Å². The zero-order chi connectivity index (χ0) is 13.7. The number of hydrogen-bond donors (Lipinski definition) is 0. The molecule has 0 heterocycles. The van der Waals surface area contributed by atoms with Gasteiger partial charge in [0.25, 0.3) is 0 Å². The lowest BCUT2D eigenvalue weighted by Crippen LogP contribution is -2.50. The second kappa shape index (κ2) is 4.82. The summed E-state index contributed by atoms with van der Waals surface area (Å²) in [5.41, 5.74) is 1.27. The van der Waals surface area contributed by atoms with Crippen molar-refractivity contribution >= 4 is 28.4 Å². The standard InChI is InChI=1S/C18H21IO/c19-16-3-1-12(2-4-16)8-17(20)18-9-13-5-14(10-18)7-15(6-13)11-18/h1-4,13-15H,5-11H2. The van der Waals surface area contributed by atoms with E-state index in [0.29, 0.717) is 12.2 Å². The lowest BCUT2D eigenvalue weighted by molar-refractivity contribution is -0.143. The van der Waals surface area contributed by atoms with Gasteiger partial charge in [-0.15, -0.1) is 0 Å². The van der Waals surface area contributed by atoms with Crippen molar-refractivity contribution in [2.45, 2.75) is 44.9 Å². The van der Waals surface area contributed by atoms with Gasteiger partial charge < -0.3 is 0 Å². The summed E-state index contributed by atoms with van der Waals surface area (Å²) < 4.78 is 1.24. The summed E-state index contributed by atoms with van der Waals surface area (Å²) in [5, 5.41) is 0. The molecule has 1 aromatic carbocycles. The van der Waals surface area contributed by atoms with Crippen molar-refractivity contribution in [3.05, 3.63) is 33.4 Å². The van der Waals surface area contributed by atoms with Gasteiger partial charge in [-0.05, 0) is 96.6 Å². The van der Waals surface area contributed by atoms with E-state index < -0.39 is 0 Å². The number of ketones is 1. The van der Waals surface area contributed by atoms with Crippen LogP contribution < -0.4 is 0 Å². The Bertz CT molecular complexity index is 496. The first kappa shape index (κ1) is 13.3. The molecule has 2 heteroatoms. The van der Waals surface area contributed by atoms with Gasteiger partial charge in [0.05, 0.1) is 0 Å². The molecule has 0 unspecified atom stereocenters. The predicted octanol–water partition coefficient (Wildman–Crippen LogP) is 4.62. The molecule has 106 valence electrons. The summed E-state index contributed by atoms with van der Waals surface area (Å²) in [4.78, 5) is 12.9. The number of halogens is 1. The molecule has 20 heavy (non-hydrogen) atoms. The molecule has 4 saturated carbocycles. The molecular formula is C18H21IO. The number of benzene rings is 1. The summed E-state index contributed by atoms with van der Waals surface area (Å²) in [7, 11) is 0. The summed E-state index contributed by atoms with van der Waals surface area (Å²) in [6, 6.07) is 8.48. The molecule has 4 aliphatic carbocycles. The molecule has 0 N–H and O–H groups in total. The van der Waals surface area contributed by atoms with Gasteiger partial charge in [-0.2, -0.15) is 0 Å². The number of hydrogen-bond acceptors (Lipinski definition) is 1. The largest absolute Gasteiger partial charge is 0.299 e. The highest BCUT2D eigenvalue weighted by molar-refractivity contribution is 14.1. The third-order valence-electron chi connectivity index (χ3n) is 5.91. The second-order valence-electron chi connectivity index (χ2n) is 7.42. The minimum atomic E-state index is 0.0672. The van der Waals surface area contributed by atoms with E-state index in [4.69, 9.17) is 0 Å². The topological polar surface area (TPSA) is 17.1 Å². The van der Waals surface area contributed by atoms with Gasteiger partial charge in [-0.25, -0.2) is 0 Å². The van der Waals surface area contributed by atoms with Gasteiger partial charge in [0, 0.05) is 15.4 Å². The molecule has 0 amide bonds. The van der Waals surface area contributed by atoms with Crippen molar-refractivity contribution < 1.29 is 4.79 Å². The smallest absolute Gasteiger partial charge is 0.143 e.